The van der Waals surface area contributed by atoms with E-state index in [4.69, 9.17) is 11.6 Å². The summed E-state index contributed by atoms with van der Waals surface area (Å²) < 4.78 is 39.7. The van der Waals surface area contributed by atoms with Gasteiger partial charge in [-0.15, -0.1) is 24.8 Å². The van der Waals surface area contributed by atoms with E-state index in [-0.39, 0.29) is 11.1 Å². The molecule has 0 aliphatic rings. The van der Waals surface area contributed by atoms with Crippen molar-refractivity contribution >= 4 is 11.6 Å². The second-order valence-electron chi connectivity index (χ2n) is 4.24. The Balaban J connectivity index is 2.65. The third kappa shape index (κ3) is 5.17. The predicted octanol–water partition coefficient (Wildman–Crippen LogP) is 4.78. The summed E-state index contributed by atoms with van der Waals surface area (Å²) in [5.41, 5.74) is 0.962. The van der Waals surface area contributed by atoms with Crippen molar-refractivity contribution in [3.63, 3.8) is 0 Å². The lowest BCUT2D eigenvalue weighted by molar-refractivity contribution is -0.274. The van der Waals surface area contributed by atoms with E-state index in [0.717, 1.165) is 18.4 Å². The zero-order chi connectivity index (χ0) is 13.8. The quantitative estimate of drug-likeness (QED) is 0.705. The number of halogens is 4. The summed E-state index contributed by atoms with van der Waals surface area (Å²) >= 11 is 6.04. The van der Waals surface area contributed by atoms with Crippen LogP contribution in [0.1, 0.15) is 25.8 Å². The highest BCUT2D eigenvalue weighted by Gasteiger charge is 2.30. The maximum Gasteiger partial charge on any atom is 0.573 e. The molecule has 0 radical (unpaired) electrons. The molecule has 0 aliphatic heterocycles. The molecule has 0 spiro atoms. The number of benzene rings is 1. The predicted molar refractivity (Wildman–Crippen MR) is 65.9 cm³/mol. The first-order valence-corrected chi connectivity index (χ1v) is 6.24. The van der Waals surface area contributed by atoms with Crippen molar-refractivity contribution in [3.05, 3.63) is 29.8 Å². The Morgan fingerprint density at radius 3 is 2.17 bits per heavy atom. The monoisotopic (exact) mass is 280 g/mol. The largest absolute Gasteiger partial charge is 0.573 e. The van der Waals surface area contributed by atoms with Crippen LogP contribution in [0.5, 0.6) is 5.75 Å². The molecule has 5 heteroatoms. The summed E-state index contributed by atoms with van der Waals surface area (Å²) in [4.78, 5) is 0. The third-order valence-electron chi connectivity index (χ3n) is 2.83. The van der Waals surface area contributed by atoms with Gasteiger partial charge in [-0.2, -0.15) is 0 Å². The van der Waals surface area contributed by atoms with Crippen LogP contribution < -0.4 is 4.74 Å². The Bertz CT molecular complexity index is 359. The molecule has 18 heavy (non-hydrogen) atoms. The van der Waals surface area contributed by atoms with Crippen LogP contribution in [0.3, 0.4) is 0 Å². The van der Waals surface area contributed by atoms with Gasteiger partial charge in [-0.1, -0.05) is 25.5 Å². The van der Waals surface area contributed by atoms with Gasteiger partial charge in [0.15, 0.2) is 0 Å². The van der Waals surface area contributed by atoms with Gasteiger partial charge in [0.1, 0.15) is 5.75 Å². The summed E-state index contributed by atoms with van der Waals surface area (Å²) in [5.74, 6) is 0.124. The molecular formula is C13H16ClF3O. The highest BCUT2D eigenvalue weighted by Crippen LogP contribution is 2.25. The van der Waals surface area contributed by atoms with E-state index >= 15 is 0 Å². The smallest absolute Gasteiger partial charge is 0.406 e. The van der Waals surface area contributed by atoms with Crippen LogP contribution in [-0.2, 0) is 6.42 Å². The Morgan fingerprint density at radius 2 is 1.78 bits per heavy atom. The number of ether oxygens (including phenoxy) is 1. The minimum atomic E-state index is -4.64. The molecule has 0 N–H and O–H groups in total. The topological polar surface area (TPSA) is 9.23 Å². The standard InChI is InChI=1S/C13H16ClF3O/c1-3-11(9(2)14)8-10-4-6-12(7-5-10)18-13(15,16)17/h4-7,9,11H,3,8H2,1-2H3. The number of rotatable bonds is 5. The summed E-state index contributed by atoms with van der Waals surface area (Å²) in [7, 11) is 0. The molecule has 2 atom stereocenters. The van der Waals surface area contributed by atoms with Gasteiger partial charge in [-0.25, -0.2) is 0 Å². The third-order valence-corrected chi connectivity index (χ3v) is 3.19. The Hall–Kier alpha value is -0.900. The van der Waals surface area contributed by atoms with E-state index in [1.165, 1.54) is 12.1 Å². The van der Waals surface area contributed by atoms with Gasteiger partial charge in [0.05, 0.1) is 0 Å². The molecule has 2 unspecified atom stereocenters. The fourth-order valence-electron chi connectivity index (χ4n) is 1.76. The lowest BCUT2D eigenvalue weighted by Crippen LogP contribution is -2.17. The Kier molecular flexibility index (Phi) is 5.32. The fraction of sp³-hybridized carbons (Fsp3) is 0.538. The molecule has 0 aliphatic carbocycles. The van der Waals surface area contributed by atoms with E-state index in [2.05, 4.69) is 4.74 Å². The first-order chi connectivity index (χ1) is 8.31. The maximum absolute atomic E-state index is 12.0. The van der Waals surface area contributed by atoms with Crippen molar-refractivity contribution < 1.29 is 17.9 Å². The molecule has 1 nitrogen and oxygen atoms in total. The molecule has 0 amide bonds. The molecule has 0 fully saturated rings. The number of alkyl halides is 4. The summed E-state index contributed by atoms with van der Waals surface area (Å²) in [6, 6.07) is 5.94. The van der Waals surface area contributed by atoms with Crippen LogP contribution in [0.15, 0.2) is 24.3 Å². The van der Waals surface area contributed by atoms with Crippen LogP contribution in [0, 0.1) is 5.92 Å². The normalized spacial score (nSPS) is 15.2. The summed E-state index contributed by atoms with van der Waals surface area (Å²) in [6.07, 6.45) is -2.95. The zero-order valence-electron chi connectivity index (χ0n) is 10.3. The average Bonchev–Trinajstić information content (AvgIpc) is 2.25. The van der Waals surface area contributed by atoms with Gasteiger partial charge in [0.2, 0.25) is 0 Å². The fourth-order valence-corrected chi connectivity index (χ4v) is 2.03. The number of hydrogen-bond acceptors (Lipinski definition) is 1. The molecule has 0 saturated heterocycles. The van der Waals surface area contributed by atoms with Crippen LogP contribution in [-0.4, -0.2) is 11.7 Å². The maximum atomic E-state index is 12.0. The van der Waals surface area contributed by atoms with Gasteiger partial charge >= 0.3 is 6.36 Å². The molecule has 0 bridgehead atoms. The lowest BCUT2D eigenvalue weighted by atomic mass is 9.94. The molecule has 0 aromatic heterocycles. The van der Waals surface area contributed by atoms with Gasteiger partial charge < -0.3 is 4.74 Å². The summed E-state index contributed by atoms with van der Waals surface area (Å²) in [5, 5.41) is 0.0427. The van der Waals surface area contributed by atoms with Crippen LogP contribution in [0.2, 0.25) is 0 Å². The van der Waals surface area contributed by atoms with E-state index in [9.17, 15) is 13.2 Å². The minimum absolute atomic E-state index is 0.0427. The first-order valence-electron chi connectivity index (χ1n) is 5.80. The van der Waals surface area contributed by atoms with Crippen molar-refractivity contribution in [3.8, 4) is 5.75 Å². The average molecular weight is 281 g/mol. The van der Waals surface area contributed by atoms with E-state index < -0.39 is 6.36 Å². The minimum Gasteiger partial charge on any atom is -0.406 e. The Morgan fingerprint density at radius 1 is 1.22 bits per heavy atom. The van der Waals surface area contributed by atoms with Crippen LogP contribution >= 0.6 is 11.6 Å². The van der Waals surface area contributed by atoms with E-state index in [0.29, 0.717) is 5.92 Å². The first kappa shape index (κ1) is 15.2. The molecule has 1 aromatic rings. The van der Waals surface area contributed by atoms with Crippen LogP contribution in [0.4, 0.5) is 13.2 Å². The van der Waals surface area contributed by atoms with Crippen molar-refractivity contribution in [1.82, 2.24) is 0 Å². The lowest BCUT2D eigenvalue weighted by Gasteiger charge is -2.17. The van der Waals surface area contributed by atoms with Crippen molar-refractivity contribution in [2.24, 2.45) is 5.92 Å². The molecule has 102 valence electrons. The van der Waals surface area contributed by atoms with Crippen molar-refractivity contribution in [2.45, 2.75) is 38.4 Å². The highest BCUT2D eigenvalue weighted by atomic mass is 35.5. The SMILES string of the molecule is CCC(Cc1ccc(OC(F)(F)F)cc1)C(C)Cl. The highest BCUT2D eigenvalue weighted by molar-refractivity contribution is 6.20. The van der Waals surface area contributed by atoms with Crippen molar-refractivity contribution in [1.29, 1.82) is 0 Å². The van der Waals surface area contributed by atoms with Crippen molar-refractivity contribution in [2.75, 3.05) is 0 Å². The van der Waals surface area contributed by atoms with E-state index in [1.807, 2.05) is 13.8 Å². The van der Waals surface area contributed by atoms with E-state index in [1.54, 1.807) is 12.1 Å². The molecular weight excluding hydrogens is 265 g/mol. The van der Waals surface area contributed by atoms with Gasteiger partial charge in [-0.3, -0.25) is 0 Å². The summed E-state index contributed by atoms with van der Waals surface area (Å²) in [6.45, 7) is 3.97. The van der Waals surface area contributed by atoms with Gasteiger partial charge in [-0.05, 0) is 37.0 Å². The van der Waals surface area contributed by atoms with Gasteiger partial charge in [0, 0.05) is 5.38 Å². The van der Waals surface area contributed by atoms with Gasteiger partial charge in [0.25, 0.3) is 0 Å². The second kappa shape index (κ2) is 6.32. The molecule has 1 aromatic carbocycles. The zero-order valence-corrected chi connectivity index (χ0v) is 11.1. The Labute approximate surface area is 110 Å². The van der Waals surface area contributed by atoms with Crippen LogP contribution in [0.25, 0.3) is 0 Å². The molecule has 1 rings (SSSR count). The second-order valence-corrected chi connectivity index (χ2v) is 4.93. The number of hydrogen-bond donors (Lipinski definition) is 0. The molecule has 0 heterocycles. The molecule has 0 saturated carbocycles.